The SMILES string of the molecule is COc1cc2ncnc(Nc3ccc(F)c(Cl)c3F)c2cc1OC1CCN(C(=O)OCCN2CCCCC2)CC1. The lowest BCUT2D eigenvalue weighted by atomic mass is 10.1. The van der Waals surface area contributed by atoms with Crippen LogP contribution in [0.15, 0.2) is 30.6 Å². The van der Waals surface area contributed by atoms with Crippen molar-refractivity contribution in [3.63, 3.8) is 0 Å². The van der Waals surface area contributed by atoms with Gasteiger partial charge in [0.2, 0.25) is 0 Å². The quantitative estimate of drug-likeness (QED) is 0.338. The first kappa shape index (κ1) is 28.1. The van der Waals surface area contributed by atoms with E-state index in [-0.39, 0.29) is 17.9 Å². The molecule has 0 aliphatic carbocycles. The highest BCUT2D eigenvalue weighted by Gasteiger charge is 2.26. The summed E-state index contributed by atoms with van der Waals surface area (Å²) in [5.41, 5.74) is 0.511. The summed E-state index contributed by atoms with van der Waals surface area (Å²) in [6.07, 6.45) is 5.81. The first-order valence-electron chi connectivity index (χ1n) is 13.5. The number of amides is 1. The van der Waals surface area contributed by atoms with Crippen molar-refractivity contribution in [3.05, 3.63) is 47.2 Å². The van der Waals surface area contributed by atoms with Crippen LogP contribution in [0.4, 0.5) is 25.1 Å². The van der Waals surface area contributed by atoms with E-state index in [1.807, 2.05) is 0 Å². The third-order valence-corrected chi connectivity index (χ3v) is 7.63. The zero-order valence-corrected chi connectivity index (χ0v) is 23.1. The van der Waals surface area contributed by atoms with Gasteiger partial charge in [0, 0.05) is 43.9 Å². The molecule has 0 unspecified atom stereocenters. The largest absolute Gasteiger partial charge is 0.493 e. The van der Waals surface area contributed by atoms with Crippen LogP contribution in [0.25, 0.3) is 10.9 Å². The number of hydrogen-bond donors (Lipinski definition) is 1. The molecule has 2 aliphatic rings. The minimum Gasteiger partial charge on any atom is -0.493 e. The standard InChI is InChI=1S/C28H32ClF2N5O4/c1-38-23-16-22-19(27(33-17-32-22)34-21-6-5-20(30)25(29)26(21)31)15-24(23)40-18-7-11-36(12-8-18)28(37)39-14-13-35-9-3-2-4-10-35/h5-6,15-18H,2-4,7-14H2,1H3,(H,32,33,34). The second-order valence-corrected chi connectivity index (χ2v) is 10.3. The van der Waals surface area contributed by atoms with E-state index in [4.69, 9.17) is 25.8 Å². The van der Waals surface area contributed by atoms with Gasteiger partial charge >= 0.3 is 6.09 Å². The van der Waals surface area contributed by atoms with Gasteiger partial charge in [-0.25, -0.2) is 23.5 Å². The predicted molar refractivity (Wildman–Crippen MR) is 148 cm³/mol. The molecular weight excluding hydrogens is 544 g/mol. The third-order valence-electron chi connectivity index (χ3n) is 7.28. The number of benzene rings is 2. The van der Waals surface area contributed by atoms with Crippen LogP contribution in [-0.4, -0.2) is 78.4 Å². The van der Waals surface area contributed by atoms with Crippen molar-refractivity contribution in [3.8, 4) is 11.5 Å². The molecule has 2 fully saturated rings. The highest BCUT2D eigenvalue weighted by Crippen LogP contribution is 2.37. The minimum absolute atomic E-state index is 0.0279. The van der Waals surface area contributed by atoms with Crippen LogP contribution in [0.3, 0.4) is 0 Å². The van der Waals surface area contributed by atoms with Crippen LogP contribution < -0.4 is 14.8 Å². The normalized spacial score (nSPS) is 16.6. The van der Waals surface area contributed by atoms with E-state index in [1.54, 1.807) is 17.0 Å². The molecule has 1 amide bonds. The average Bonchev–Trinajstić information content (AvgIpc) is 2.98. The Bertz CT molecular complexity index is 1350. The first-order chi connectivity index (χ1) is 19.4. The number of nitrogens with one attached hydrogen (secondary N) is 1. The van der Waals surface area contributed by atoms with Crippen molar-refractivity contribution in [2.45, 2.75) is 38.2 Å². The molecule has 3 aromatic rings. The second kappa shape index (κ2) is 12.8. The van der Waals surface area contributed by atoms with E-state index in [2.05, 4.69) is 20.2 Å². The molecule has 40 heavy (non-hydrogen) atoms. The van der Waals surface area contributed by atoms with Crippen LogP contribution in [-0.2, 0) is 4.74 Å². The fraction of sp³-hybridized carbons (Fsp3) is 0.464. The summed E-state index contributed by atoms with van der Waals surface area (Å²) < 4.78 is 45.5. The summed E-state index contributed by atoms with van der Waals surface area (Å²) in [5, 5.41) is 2.82. The Kier molecular flexibility index (Phi) is 9.01. The highest BCUT2D eigenvalue weighted by atomic mass is 35.5. The number of piperidine rings is 2. The Morgan fingerprint density at radius 3 is 2.60 bits per heavy atom. The number of aromatic nitrogens is 2. The highest BCUT2D eigenvalue weighted by molar-refractivity contribution is 6.31. The molecule has 0 bridgehead atoms. The summed E-state index contributed by atoms with van der Waals surface area (Å²) >= 11 is 5.73. The van der Waals surface area contributed by atoms with Gasteiger partial charge in [-0.1, -0.05) is 18.0 Å². The number of fused-ring (bicyclic) bond motifs is 1. The summed E-state index contributed by atoms with van der Waals surface area (Å²) in [4.78, 5) is 25.1. The Morgan fingerprint density at radius 1 is 1.07 bits per heavy atom. The fourth-order valence-electron chi connectivity index (χ4n) is 5.04. The van der Waals surface area contributed by atoms with Gasteiger partial charge in [-0.15, -0.1) is 0 Å². The third kappa shape index (κ3) is 6.47. The van der Waals surface area contributed by atoms with E-state index in [9.17, 15) is 13.6 Å². The lowest BCUT2D eigenvalue weighted by molar-refractivity contribution is 0.0596. The van der Waals surface area contributed by atoms with E-state index in [1.165, 1.54) is 38.8 Å². The number of likely N-dealkylation sites (tertiary alicyclic amines) is 2. The van der Waals surface area contributed by atoms with Crippen molar-refractivity contribution in [2.24, 2.45) is 0 Å². The van der Waals surface area contributed by atoms with Crippen LogP contribution in [0.2, 0.25) is 5.02 Å². The number of methoxy groups -OCH3 is 1. The zero-order valence-electron chi connectivity index (χ0n) is 22.3. The number of nitrogens with zero attached hydrogens (tertiary/aromatic N) is 4. The molecular formula is C28H32ClF2N5O4. The Hall–Kier alpha value is -3.44. The molecule has 2 aliphatic heterocycles. The van der Waals surface area contributed by atoms with E-state index in [0.717, 1.165) is 25.7 Å². The number of carbonyl (C=O) groups excluding carboxylic acids is 1. The van der Waals surface area contributed by atoms with Crippen LogP contribution >= 0.6 is 11.6 Å². The fourth-order valence-corrected chi connectivity index (χ4v) is 5.20. The number of ether oxygens (including phenoxy) is 3. The summed E-state index contributed by atoms with van der Waals surface area (Å²) in [5.74, 6) is -0.536. The van der Waals surface area contributed by atoms with Gasteiger partial charge in [0.15, 0.2) is 17.3 Å². The summed E-state index contributed by atoms with van der Waals surface area (Å²) in [6, 6.07) is 5.75. The number of rotatable bonds is 8. The molecule has 1 N–H and O–H groups in total. The molecule has 1 aromatic heterocycles. The van der Waals surface area contributed by atoms with Crippen LogP contribution in [0.1, 0.15) is 32.1 Å². The molecule has 0 radical (unpaired) electrons. The van der Waals surface area contributed by atoms with Crippen molar-refractivity contribution < 1.29 is 27.8 Å². The summed E-state index contributed by atoms with van der Waals surface area (Å²) in [7, 11) is 1.53. The van der Waals surface area contributed by atoms with Crippen LogP contribution in [0, 0.1) is 11.6 Å². The van der Waals surface area contributed by atoms with Gasteiger partial charge in [-0.2, -0.15) is 0 Å². The minimum atomic E-state index is -0.921. The van der Waals surface area contributed by atoms with E-state index < -0.39 is 16.7 Å². The maximum Gasteiger partial charge on any atom is 0.409 e. The van der Waals surface area contributed by atoms with E-state index in [0.29, 0.717) is 60.8 Å². The van der Waals surface area contributed by atoms with Crippen LogP contribution in [0.5, 0.6) is 11.5 Å². The monoisotopic (exact) mass is 575 g/mol. The zero-order chi connectivity index (χ0) is 28.1. The van der Waals surface area contributed by atoms with Gasteiger partial charge in [0.25, 0.3) is 0 Å². The van der Waals surface area contributed by atoms with Gasteiger partial charge in [-0.05, 0) is 44.1 Å². The number of anilines is 2. The average molecular weight is 576 g/mol. The Labute approximate surface area is 236 Å². The molecule has 0 spiro atoms. The molecule has 3 heterocycles. The predicted octanol–water partition coefficient (Wildman–Crippen LogP) is 5.78. The number of carbonyl (C=O) groups is 1. The van der Waals surface area contributed by atoms with Crippen molar-refractivity contribution in [2.75, 3.05) is 51.8 Å². The molecule has 5 rings (SSSR count). The molecule has 9 nitrogen and oxygen atoms in total. The van der Waals surface area contributed by atoms with Gasteiger partial charge < -0.3 is 24.4 Å². The molecule has 0 atom stereocenters. The molecule has 2 aromatic carbocycles. The lowest BCUT2D eigenvalue weighted by Crippen LogP contribution is -2.43. The lowest BCUT2D eigenvalue weighted by Gasteiger charge is -2.32. The van der Waals surface area contributed by atoms with Gasteiger partial charge in [-0.3, -0.25) is 4.90 Å². The molecule has 0 saturated carbocycles. The maximum absolute atomic E-state index is 14.5. The first-order valence-corrected chi connectivity index (χ1v) is 13.8. The van der Waals surface area contributed by atoms with Crippen molar-refractivity contribution in [1.29, 1.82) is 0 Å². The van der Waals surface area contributed by atoms with Crippen molar-refractivity contribution in [1.82, 2.24) is 19.8 Å². The van der Waals surface area contributed by atoms with Crippen molar-refractivity contribution >= 4 is 40.1 Å². The number of hydrogen-bond acceptors (Lipinski definition) is 8. The topological polar surface area (TPSA) is 89.1 Å². The van der Waals surface area contributed by atoms with Gasteiger partial charge in [0.1, 0.15) is 35.7 Å². The second-order valence-electron chi connectivity index (χ2n) is 9.91. The molecule has 2 saturated heterocycles. The van der Waals surface area contributed by atoms with Gasteiger partial charge in [0.05, 0.1) is 18.3 Å². The summed E-state index contributed by atoms with van der Waals surface area (Å²) in [6.45, 7) is 4.34. The Balaban J connectivity index is 1.23. The number of halogens is 3. The molecule has 214 valence electrons. The molecule has 12 heteroatoms. The smallest absolute Gasteiger partial charge is 0.409 e. The Morgan fingerprint density at radius 2 is 1.85 bits per heavy atom. The van der Waals surface area contributed by atoms with E-state index >= 15 is 0 Å². The maximum atomic E-state index is 14.5.